The number of nitriles is 1. The van der Waals surface area contributed by atoms with Crippen LogP contribution in [0.15, 0.2) is 94.3 Å². The average molecular weight is 424 g/mol. The van der Waals surface area contributed by atoms with Crippen LogP contribution < -0.4 is 0 Å². The van der Waals surface area contributed by atoms with E-state index in [1.54, 1.807) is 11.3 Å². The first-order chi connectivity index (χ1) is 14.8. The fourth-order valence-corrected chi connectivity index (χ4v) is 5.48. The van der Waals surface area contributed by atoms with E-state index in [1.165, 1.54) is 17.3 Å². The maximum absolute atomic E-state index is 9.77. The fraction of sp³-hybridized carbons (Fsp3) is 0.0400. The Morgan fingerprint density at radius 1 is 1.00 bits per heavy atom. The lowest BCUT2D eigenvalue weighted by molar-refractivity contribution is 0.836. The zero-order chi connectivity index (χ0) is 20.3. The van der Waals surface area contributed by atoms with E-state index in [4.69, 9.17) is 0 Å². The summed E-state index contributed by atoms with van der Waals surface area (Å²) in [6, 6.07) is 29.2. The number of benzene rings is 3. The molecular weight excluding hydrogens is 406 g/mol. The van der Waals surface area contributed by atoms with Crippen LogP contribution in [-0.4, -0.2) is 9.55 Å². The number of fused-ring (bicyclic) bond motifs is 2. The van der Waals surface area contributed by atoms with Gasteiger partial charge in [0.25, 0.3) is 0 Å². The lowest BCUT2D eigenvalue weighted by Crippen LogP contribution is -1.97. The Kier molecular flexibility index (Phi) is 5.10. The van der Waals surface area contributed by atoms with Gasteiger partial charge in [-0.2, -0.15) is 5.26 Å². The van der Waals surface area contributed by atoms with Gasteiger partial charge in [-0.3, -0.25) is 0 Å². The third-order valence-electron chi connectivity index (χ3n) is 4.88. The van der Waals surface area contributed by atoms with Gasteiger partial charge in [0.15, 0.2) is 4.34 Å². The highest BCUT2D eigenvalue weighted by molar-refractivity contribution is 8.05. The Balaban J connectivity index is 1.51. The molecule has 2 heterocycles. The molecule has 0 atom stereocenters. The SMILES string of the molecule is N#CC(=Cc1cn(Cc2ccccc2)c2ccccc12)Sc1nc2ccccc2s1. The minimum atomic E-state index is 0.636. The molecule has 0 bridgehead atoms. The number of thiazole rings is 1. The molecule has 5 rings (SSSR count). The fourth-order valence-electron chi connectivity index (χ4n) is 3.52. The molecule has 5 heteroatoms. The summed E-state index contributed by atoms with van der Waals surface area (Å²) in [6.07, 6.45) is 4.11. The minimum absolute atomic E-state index is 0.636. The summed E-state index contributed by atoms with van der Waals surface area (Å²) in [7, 11) is 0. The number of rotatable bonds is 5. The van der Waals surface area contributed by atoms with Gasteiger partial charge >= 0.3 is 0 Å². The van der Waals surface area contributed by atoms with Crippen molar-refractivity contribution in [1.29, 1.82) is 5.26 Å². The molecule has 0 N–H and O–H groups in total. The molecule has 2 aromatic heterocycles. The molecule has 0 saturated carbocycles. The number of aromatic nitrogens is 2. The molecule has 0 radical (unpaired) electrons. The second-order valence-electron chi connectivity index (χ2n) is 6.89. The highest BCUT2D eigenvalue weighted by atomic mass is 32.2. The molecule has 0 unspecified atom stereocenters. The lowest BCUT2D eigenvalue weighted by atomic mass is 10.1. The van der Waals surface area contributed by atoms with Crippen molar-refractivity contribution in [2.75, 3.05) is 0 Å². The molecule has 0 saturated heterocycles. The number of hydrogen-bond acceptors (Lipinski definition) is 4. The van der Waals surface area contributed by atoms with Gasteiger partial charge in [0.05, 0.1) is 15.1 Å². The molecule has 0 fully saturated rings. The Hall–Kier alpha value is -3.33. The van der Waals surface area contributed by atoms with Crippen LogP contribution >= 0.6 is 23.1 Å². The van der Waals surface area contributed by atoms with Crippen molar-refractivity contribution < 1.29 is 0 Å². The molecule has 0 aliphatic heterocycles. The van der Waals surface area contributed by atoms with Gasteiger partial charge in [-0.1, -0.05) is 60.7 Å². The van der Waals surface area contributed by atoms with E-state index in [0.29, 0.717) is 4.91 Å². The Morgan fingerprint density at radius 3 is 2.60 bits per heavy atom. The van der Waals surface area contributed by atoms with E-state index in [0.717, 1.165) is 37.6 Å². The van der Waals surface area contributed by atoms with Crippen molar-refractivity contribution in [3.8, 4) is 6.07 Å². The van der Waals surface area contributed by atoms with Crippen LogP contribution in [-0.2, 0) is 6.54 Å². The van der Waals surface area contributed by atoms with Crippen molar-refractivity contribution in [3.05, 3.63) is 101 Å². The normalized spacial score (nSPS) is 11.8. The molecule has 30 heavy (non-hydrogen) atoms. The van der Waals surface area contributed by atoms with E-state index in [9.17, 15) is 5.26 Å². The molecule has 0 aliphatic rings. The maximum Gasteiger partial charge on any atom is 0.156 e. The summed E-state index contributed by atoms with van der Waals surface area (Å²) >= 11 is 3.05. The van der Waals surface area contributed by atoms with Gasteiger partial charge in [0, 0.05) is 29.2 Å². The highest BCUT2D eigenvalue weighted by Gasteiger charge is 2.11. The second-order valence-corrected chi connectivity index (χ2v) is 9.20. The van der Waals surface area contributed by atoms with Crippen molar-refractivity contribution in [1.82, 2.24) is 9.55 Å². The summed E-state index contributed by atoms with van der Waals surface area (Å²) < 4.78 is 4.27. The smallest absolute Gasteiger partial charge is 0.156 e. The third-order valence-corrected chi connectivity index (χ3v) is 6.91. The Morgan fingerprint density at radius 2 is 1.77 bits per heavy atom. The van der Waals surface area contributed by atoms with Crippen LogP contribution in [0.5, 0.6) is 0 Å². The van der Waals surface area contributed by atoms with E-state index in [-0.39, 0.29) is 0 Å². The largest absolute Gasteiger partial charge is 0.342 e. The minimum Gasteiger partial charge on any atom is -0.342 e. The predicted octanol–water partition coefficient (Wildman–Crippen LogP) is 6.96. The van der Waals surface area contributed by atoms with E-state index < -0.39 is 0 Å². The molecule has 3 nitrogen and oxygen atoms in total. The molecule has 0 aliphatic carbocycles. The number of para-hydroxylation sites is 2. The average Bonchev–Trinajstić information content (AvgIpc) is 3.35. The summed E-state index contributed by atoms with van der Waals surface area (Å²) in [4.78, 5) is 5.29. The summed E-state index contributed by atoms with van der Waals surface area (Å²) in [5.41, 5.74) is 4.43. The maximum atomic E-state index is 9.77. The quantitative estimate of drug-likeness (QED) is 0.227. The first kappa shape index (κ1) is 18.7. The van der Waals surface area contributed by atoms with Gasteiger partial charge in [-0.05, 0) is 41.6 Å². The van der Waals surface area contributed by atoms with E-state index in [1.807, 2.05) is 36.4 Å². The first-order valence-corrected chi connectivity index (χ1v) is 11.2. The summed E-state index contributed by atoms with van der Waals surface area (Å²) in [5, 5.41) is 10.9. The van der Waals surface area contributed by atoms with Gasteiger partial charge < -0.3 is 4.57 Å². The van der Waals surface area contributed by atoms with Crippen molar-refractivity contribution in [3.63, 3.8) is 0 Å². The highest BCUT2D eigenvalue weighted by Crippen LogP contribution is 2.35. The van der Waals surface area contributed by atoms with Crippen LogP contribution in [0.4, 0.5) is 0 Å². The molecule has 144 valence electrons. The zero-order valence-corrected chi connectivity index (χ0v) is 17.7. The number of hydrogen-bond donors (Lipinski definition) is 0. The zero-order valence-electron chi connectivity index (χ0n) is 16.0. The van der Waals surface area contributed by atoms with Gasteiger partial charge in [0.2, 0.25) is 0 Å². The van der Waals surface area contributed by atoms with E-state index in [2.05, 4.69) is 70.3 Å². The van der Waals surface area contributed by atoms with Gasteiger partial charge in [0.1, 0.15) is 6.07 Å². The first-order valence-electron chi connectivity index (χ1n) is 9.57. The van der Waals surface area contributed by atoms with E-state index >= 15 is 0 Å². The number of allylic oxidation sites excluding steroid dienone is 1. The molecule has 5 aromatic rings. The summed E-state index contributed by atoms with van der Waals surface area (Å²) in [6.45, 7) is 0.794. The Labute approximate surface area is 182 Å². The van der Waals surface area contributed by atoms with Crippen LogP contribution in [0.2, 0.25) is 0 Å². The second kappa shape index (κ2) is 8.19. The Bertz CT molecular complexity index is 1370. The lowest BCUT2D eigenvalue weighted by Gasteiger charge is -2.05. The predicted molar refractivity (Wildman–Crippen MR) is 127 cm³/mol. The number of thioether (sulfide) groups is 1. The van der Waals surface area contributed by atoms with Gasteiger partial charge in [-0.15, -0.1) is 11.3 Å². The molecular formula is C25H17N3S2. The van der Waals surface area contributed by atoms with Crippen LogP contribution in [0, 0.1) is 11.3 Å². The molecule has 3 aromatic carbocycles. The van der Waals surface area contributed by atoms with Gasteiger partial charge in [-0.25, -0.2) is 4.98 Å². The van der Waals surface area contributed by atoms with Crippen LogP contribution in [0.25, 0.3) is 27.2 Å². The topological polar surface area (TPSA) is 41.6 Å². The van der Waals surface area contributed by atoms with Crippen molar-refractivity contribution >= 4 is 50.3 Å². The van der Waals surface area contributed by atoms with Crippen LogP contribution in [0.3, 0.4) is 0 Å². The van der Waals surface area contributed by atoms with Crippen molar-refractivity contribution in [2.45, 2.75) is 10.9 Å². The number of nitrogens with zero attached hydrogens (tertiary/aromatic N) is 3. The summed E-state index contributed by atoms with van der Waals surface area (Å²) in [5.74, 6) is 0. The third kappa shape index (κ3) is 3.76. The van der Waals surface area contributed by atoms with Crippen molar-refractivity contribution in [2.24, 2.45) is 0 Å². The van der Waals surface area contributed by atoms with Crippen LogP contribution in [0.1, 0.15) is 11.1 Å². The monoisotopic (exact) mass is 423 g/mol. The molecule has 0 spiro atoms. The standard InChI is InChI=1S/C25H17N3S2/c26-15-20(29-25-27-22-11-5-7-13-24(22)30-25)14-19-17-28(16-18-8-2-1-3-9-18)23-12-6-4-10-21(19)23/h1-14,17H,16H2. The molecule has 0 amide bonds.